The highest BCUT2D eigenvalue weighted by molar-refractivity contribution is 7.99. The van der Waals surface area contributed by atoms with Gasteiger partial charge in [0.1, 0.15) is 11.3 Å². The second kappa shape index (κ2) is 6.59. The number of pyridine rings is 1. The number of nitrogens with zero attached hydrogens (tertiary/aromatic N) is 3. The van der Waals surface area contributed by atoms with Gasteiger partial charge in [-0.05, 0) is 48.8 Å². The smallest absolute Gasteiger partial charge is 0.159 e. The third-order valence-electron chi connectivity index (χ3n) is 4.77. The molecule has 2 unspecified atom stereocenters. The molecule has 118 valence electrons. The van der Waals surface area contributed by atoms with E-state index in [1.807, 2.05) is 12.3 Å². The number of hydrogen-bond donors (Lipinski definition) is 0. The van der Waals surface area contributed by atoms with E-state index < -0.39 is 0 Å². The Bertz CT molecular complexity index is 630. The van der Waals surface area contributed by atoms with Gasteiger partial charge in [0.05, 0.1) is 6.61 Å². The molecule has 2 fully saturated rings. The maximum atomic E-state index is 5.66. The zero-order valence-corrected chi connectivity index (χ0v) is 13.7. The molecule has 2 aromatic rings. The van der Waals surface area contributed by atoms with Crippen LogP contribution >= 0.6 is 11.8 Å². The van der Waals surface area contributed by atoms with Crippen molar-refractivity contribution in [3.05, 3.63) is 24.2 Å². The first kappa shape index (κ1) is 14.5. The van der Waals surface area contributed by atoms with E-state index in [1.54, 1.807) is 0 Å². The summed E-state index contributed by atoms with van der Waals surface area (Å²) in [5.74, 6) is 5.20. The molecule has 5 heteroatoms. The number of aromatic nitrogens is 3. The molecule has 0 saturated carbocycles. The molecule has 22 heavy (non-hydrogen) atoms. The number of imidazole rings is 1. The van der Waals surface area contributed by atoms with Crippen LogP contribution in [0.4, 0.5) is 0 Å². The molecule has 4 nitrogen and oxygen atoms in total. The van der Waals surface area contributed by atoms with Crippen LogP contribution in [0.2, 0.25) is 0 Å². The van der Waals surface area contributed by atoms with E-state index in [4.69, 9.17) is 9.72 Å². The van der Waals surface area contributed by atoms with Crippen molar-refractivity contribution < 1.29 is 4.74 Å². The van der Waals surface area contributed by atoms with Gasteiger partial charge in [-0.2, -0.15) is 11.8 Å². The molecule has 0 N–H and O–H groups in total. The molecule has 2 aromatic heterocycles. The zero-order valence-electron chi connectivity index (χ0n) is 12.9. The van der Waals surface area contributed by atoms with Crippen LogP contribution in [0, 0.1) is 11.8 Å². The van der Waals surface area contributed by atoms with Gasteiger partial charge in [-0.25, -0.2) is 9.97 Å². The Morgan fingerprint density at radius 2 is 2.32 bits per heavy atom. The average Bonchev–Trinajstić information content (AvgIpc) is 3.18. The summed E-state index contributed by atoms with van der Waals surface area (Å²) in [5.41, 5.74) is 2.09. The molecule has 0 spiro atoms. The van der Waals surface area contributed by atoms with Gasteiger partial charge in [-0.1, -0.05) is 0 Å². The summed E-state index contributed by atoms with van der Waals surface area (Å²) in [6.45, 7) is 2.81. The molecule has 0 bridgehead atoms. The fourth-order valence-electron chi connectivity index (χ4n) is 3.57. The van der Waals surface area contributed by atoms with Crippen molar-refractivity contribution in [2.75, 3.05) is 24.7 Å². The molecule has 4 rings (SSSR count). The third kappa shape index (κ3) is 3.01. The highest BCUT2D eigenvalue weighted by Crippen LogP contribution is 2.28. The maximum absolute atomic E-state index is 5.66. The van der Waals surface area contributed by atoms with E-state index in [0.717, 1.165) is 43.3 Å². The molecular formula is C17H23N3OS. The number of rotatable bonds is 4. The van der Waals surface area contributed by atoms with Gasteiger partial charge >= 0.3 is 0 Å². The van der Waals surface area contributed by atoms with Crippen molar-refractivity contribution in [1.82, 2.24) is 14.5 Å². The van der Waals surface area contributed by atoms with Gasteiger partial charge in [0.2, 0.25) is 0 Å². The molecule has 0 aliphatic carbocycles. The van der Waals surface area contributed by atoms with Gasteiger partial charge in [-0.3, -0.25) is 0 Å². The molecule has 0 aromatic carbocycles. The van der Waals surface area contributed by atoms with Crippen LogP contribution in [0.15, 0.2) is 18.3 Å². The first-order chi connectivity index (χ1) is 10.9. The van der Waals surface area contributed by atoms with Crippen LogP contribution in [0.1, 0.15) is 25.1 Å². The van der Waals surface area contributed by atoms with Crippen molar-refractivity contribution in [1.29, 1.82) is 0 Å². The van der Waals surface area contributed by atoms with E-state index in [1.165, 1.54) is 36.6 Å². The van der Waals surface area contributed by atoms with Crippen molar-refractivity contribution in [3.63, 3.8) is 0 Å². The molecule has 0 amide bonds. The van der Waals surface area contributed by atoms with E-state index >= 15 is 0 Å². The third-order valence-corrected chi connectivity index (χ3v) is 6.00. The topological polar surface area (TPSA) is 39.9 Å². The fourth-order valence-corrected chi connectivity index (χ4v) is 4.85. The minimum absolute atomic E-state index is 0.602. The van der Waals surface area contributed by atoms with E-state index in [0.29, 0.717) is 5.92 Å². The lowest BCUT2D eigenvalue weighted by Gasteiger charge is -2.23. The Morgan fingerprint density at radius 1 is 1.32 bits per heavy atom. The molecule has 2 saturated heterocycles. The van der Waals surface area contributed by atoms with Gasteiger partial charge in [-0.15, -0.1) is 0 Å². The predicted molar refractivity (Wildman–Crippen MR) is 90.2 cm³/mol. The highest BCUT2D eigenvalue weighted by atomic mass is 32.2. The summed E-state index contributed by atoms with van der Waals surface area (Å²) >= 11 is 2.08. The van der Waals surface area contributed by atoms with E-state index in [9.17, 15) is 0 Å². The predicted octanol–water partition coefficient (Wildman–Crippen LogP) is 3.15. The summed E-state index contributed by atoms with van der Waals surface area (Å²) in [6.07, 6.45) is 6.74. The lowest BCUT2D eigenvalue weighted by Crippen LogP contribution is -2.23. The van der Waals surface area contributed by atoms with Crippen molar-refractivity contribution in [2.45, 2.75) is 32.2 Å². The molecular weight excluding hydrogens is 294 g/mol. The minimum atomic E-state index is 0.602. The van der Waals surface area contributed by atoms with Crippen LogP contribution < -0.4 is 0 Å². The first-order valence-corrected chi connectivity index (χ1v) is 9.51. The Kier molecular flexibility index (Phi) is 4.35. The molecule has 2 aliphatic rings. The van der Waals surface area contributed by atoms with Crippen molar-refractivity contribution in [2.24, 2.45) is 11.8 Å². The Labute approximate surface area is 135 Å². The van der Waals surface area contributed by atoms with Crippen LogP contribution in [-0.2, 0) is 17.7 Å². The first-order valence-electron chi connectivity index (χ1n) is 8.36. The van der Waals surface area contributed by atoms with Crippen LogP contribution in [0.3, 0.4) is 0 Å². The highest BCUT2D eigenvalue weighted by Gasteiger charge is 2.23. The lowest BCUT2D eigenvalue weighted by atomic mass is 10.0. The van der Waals surface area contributed by atoms with Gasteiger partial charge in [0.15, 0.2) is 5.65 Å². The standard InChI is InChI=1S/C17H23N3OS/c1-4-15-17(18-6-1)20(10-14-3-2-7-21-11-14)16(19-15)9-13-5-8-22-12-13/h1,4,6,13-14H,2-3,5,7-12H2. The fraction of sp³-hybridized carbons (Fsp3) is 0.647. The molecule has 2 atom stereocenters. The van der Waals surface area contributed by atoms with E-state index in [-0.39, 0.29) is 0 Å². The summed E-state index contributed by atoms with van der Waals surface area (Å²) < 4.78 is 8.03. The quantitative estimate of drug-likeness (QED) is 0.868. The molecule has 2 aliphatic heterocycles. The maximum Gasteiger partial charge on any atom is 0.159 e. The normalized spacial score (nSPS) is 25.8. The number of hydrogen-bond acceptors (Lipinski definition) is 4. The van der Waals surface area contributed by atoms with Crippen molar-refractivity contribution in [3.8, 4) is 0 Å². The Hall–Kier alpha value is -1.07. The largest absolute Gasteiger partial charge is 0.381 e. The number of thioether (sulfide) groups is 1. The Morgan fingerprint density at radius 3 is 3.14 bits per heavy atom. The van der Waals surface area contributed by atoms with Crippen molar-refractivity contribution >= 4 is 22.9 Å². The lowest BCUT2D eigenvalue weighted by molar-refractivity contribution is 0.0484. The molecule has 4 heterocycles. The number of ether oxygens (including phenoxy) is 1. The van der Waals surface area contributed by atoms with Gasteiger partial charge in [0, 0.05) is 31.7 Å². The van der Waals surface area contributed by atoms with E-state index in [2.05, 4.69) is 27.4 Å². The van der Waals surface area contributed by atoms with Crippen LogP contribution in [0.25, 0.3) is 11.2 Å². The SMILES string of the molecule is c1cnc2c(c1)nc(CC1CCSC1)n2CC1CCCOC1. The average molecular weight is 317 g/mol. The summed E-state index contributed by atoms with van der Waals surface area (Å²) in [7, 11) is 0. The molecule has 0 radical (unpaired) electrons. The summed E-state index contributed by atoms with van der Waals surface area (Å²) in [4.78, 5) is 9.49. The second-order valence-electron chi connectivity index (χ2n) is 6.50. The second-order valence-corrected chi connectivity index (χ2v) is 7.65. The Balaban J connectivity index is 1.63. The zero-order chi connectivity index (χ0) is 14.8. The number of fused-ring (bicyclic) bond motifs is 1. The van der Waals surface area contributed by atoms with Crippen LogP contribution in [-0.4, -0.2) is 39.3 Å². The summed E-state index contributed by atoms with van der Waals surface area (Å²) in [5, 5.41) is 0. The summed E-state index contributed by atoms with van der Waals surface area (Å²) in [6, 6.07) is 4.07. The monoisotopic (exact) mass is 317 g/mol. The minimum Gasteiger partial charge on any atom is -0.381 e. The van der Waals surface area contributed by atoms with Crippen LogP contribution in [0.5, 0.6) is 0 Å². The van der Waals surface area contributed by atoms with Gasteiger partial charge < -0.3 is 9.30 Å². The van der Waals surface area contributed by atoms with Gasteiger partial charge in [0.25, 0.3) is 0 Å².